The van der Waals surface area contributed by atoms with Crippen LogP contribution in [0.2, 0.25) is 0 Å². The van der Waals surface area contributed by atoms with Crippen molar-refractivity contribution in [3.8, 4) is 0 Å². The molecular formula is C17H27NS. The highest BCUT2D eigenvalue weighted by molar-refractivity contribution is 7.98. The third kappa shape index (κ3) is 5.58. The Morgan fingerprint density at radius 3 is 2.79 bits per heavy atom. The summed E-state index contributed by atoms with van der Waals surface area (Å²) in [6, 6.07) is 9.69. The van der Waals surface area contributed by atoms with Gasteiger partial charge in [0.25, 0.3) is 0 Å². The fourth-order valence-corrected chi connectivity index (χ4v) is 3.02. The zero-order valence-corrected chi connectivity index (χ0v) is 13.1. The summed E-state index contributed by atoms with van der Waals surface area (Å²) in [5, 5.41) is 3.72. The fraction of sp³-hybridized carbons (Fsp3) is 0.647. The molecule has 0 aliphatic heterocycles. The maximum atomic E-state index is 3.72. The van der Waals surface area contributed by atoms with Gasteiger partial charge in [0.15, 0.2) is 0 Å². The maximum absolute atomic E-state index is 3.72. The Morgan fingerprint density at radius 2 is 2.11 bits per heavy atom. The number of thioether (sulfide) groups is 1. The first-order valence-corrected chi connectivity index (χ1v) is 8.96. The van der Waals surface area contributed by atoms with E-state index in [1.165, 1.54) is 55.5 Å². The topological polar surface area (TPSA) is 12.0 Å². The van der Waals surface area contributed by atoms with Crippen LogP contribution in [0.25, 0.3) is 0 Å². The van der Waals surface area contributed by atoms with Gasteiger partial charge in [-0.2, -0.15) is 11.8 Å². The third-order valence-electron chi connectivity index (χ3n) is 4.00. The molecule has 2 heteroatoms. The Balaban J connectivity index is 1.85. The van der Waals surface area contributed by atoms with Crippen LogP contribution in [-0.2, 0) is 6.42 Å². The van der Waals surface area contributed by atoms with E-state index >= 15 is 0 Å². The summed E-state index contributed by atoms with van der Waals surface area (Å²) in [7, 11) is 0. The highest BCUT2D eigenvalue weighted by Gasteiger charge is 2.22. The van der Waals surface area contributed by atoms with Gasteiger partial charge >= 0.3 is 0 Å². The lowest BCUT2D eigenvalue weighted by Gasteiger charge is -2.18. The quantitative estimate of drug-likeness (QED) is 0.683. The normalized spacial score (nSPS) is 16.5. The molecule has 19 heavy (non-hydrogen) atoms. The van der Waals surface area contributed by atoms with Gasteiger partial charge in [0, 0.05) is 6.04 Å². The summed E-state index contributed by atoms with van der Waals surface area (Å²) in [6.45, 7) is 3.44. The molecule has 0 aromatic heterocycles. The van der Waals surface area contributed by atoms with Crippen LogP contribution in [0.3, 0.4) is 0 Å². The van der Waals surface area contributed by atoms with E-state index < -0.39 is 0 Å². The molecule has 2 rings (SSSR count). The molecule has 1 aliphatic carbocycles. The van der Waals surface area contributed by atoms with Crippen molar-refractivity contribution in [3.63, 3.8) is 0 Å². The molecule has 0 spiro atoms. The van der Waals surface area contributed by atoms with Crippen LogP contribution >= 0.6 is 11.8 Å². The van der Waals surface area contributed by atoms with Crippen molar-refractivity contribution in [3.05, 3.63) is 35.4 Å². The van der Waals surface area contributed by atoms with E-state index in [4.69, 9.17) is 0 Å². The predicted octanol–water partition coefficient (Wildman–Crippen LogP) is 4.05. The first-order chi connectivity index (χ1) is 9.29. The minimum Gasteiger partial charge on any atom is -0.314 e. The van der Waals surface area contributed by atoms with Gasteiger partial charge in [-0.3, -0.25) is 0 Å². The number of aryl methyl sites for hydroxylation is 1. The zero-order chi connectivity index (χ0) is 13.5. The number of hydrogen-bond acceptors (Lipinski definition) is 2. The molecule has 1 fully saturated rings. The second-order valence-corrected chi connectivity index (χ2v) is 6.80. The van der Waals surface area contributed by atoms with Crippen LogP contribution in [0.4, 0.5) is 0 Å². The van der Waals surface area contributed by atoms with Gasteiger partial charge in [-0.05, 0) is 74.6 Å². The second kappa shape index (κ2) is 7.96. The molecule has 1 aromatic carbocycles. The standard InChI is InChI=1S/C17H27NS/c1-14-6-3-4-8-16(14)12-15(7-5-11-19-2)13-18-17-9-10-17/h3-4,6,8,15,17-18H,5,7,9-13H2,1-2H3. The molecular weight excluding hydrogens is 250 g/mol. The van der Waals surface area contributed by atoms with Crippen molar-refractivity contribution >= 4 is 11.8 Å². The lowest BCUT2D eigenvalue weighted by Crippen LogP contribution is -2.26. The molecule has 1 saturated carbocycles. The van der Waals surface area contributed by atoms with E-state index in [-0.39, 0.29) is 0 Å². The summed E-state index contributed by atoms with van der Waals surface area (Å²) in [4.78, 5) is 0. The Morgan fingerprint density at radius 1 is 1.32 bits per heavy atom. The molecule has 1 N–H and O–H groups in total. The Kier molecular flexibility index (Phi) is 6.25. The molecule has 0 saturated heterocycles. The number of benzene rings is 1. The van der Waals surface area contributed by atoms with E-state index in [2.05, 4.69) is 42.8 Å². The van der Waals surface area contributed by atoms with Crippen LogP contribution < -0.4 is 5.32 Å². The van der Waals surface area contributed by atoms with Crippen LogP contribution in [0.1, 0.15) is 36.8 Å². The van der Waals surface area contributed by atoms with E-state index in [9.17, 15) is 0 Å². The van der Waals surface area contributed by atoms with E-state index in [1.807, 2.05) is 11.8 Å². The van der Waals surface area contributed by atoms with Gasteiger partial charge in [0.2, 0.25) is 0 Å². The molecule has 106 valence electrons. The van der Waals surface area contributed by atoms with E-state index in [0.717, 1.165) is 12.0 Å². The first kappa shape index (κ1) is 14.9. The molecule has 1 nitrogen and oxygen atoms in total. The highest BCUT2D eigenvalue weighted by Crippen LogP contribution is 2.22. The third-order valence-corrected chi connectivity index (χ3v) is 4.70. The van der Waals surface area contributed by atoms with Gasteiger partial charge in [0.05, 0.1) is 0 Å². The number of rotatable bonds is 9. The van der Waals surface area contributed by atoms with Crippen molar-refractivity contribution < 1.29 is 0 Å². The molecule has 1 unspecified atom stereocenters. The monoisotopic (exact) mass is 277 g/mol. The van der Waals surface area contributed by atoms with E-state index in [1.54, 1.807) is 0 Å². The second-order valence-electron chi connectivity index (χ2n) is 5.81. The van der Waals surface area contributed by atoms with Crippen LogP contribution in [0, 0.1) is 12.8 Å². The Hall–Kier alpha value is -0.470. The molecule has 0 heterocycles. The van der Waals surface area contributed by atoms with Crippen LogP contribution in [0.5, 0.6) is 0 Å². The molecule has 0 radical (unpaired) electrons. The van der Waals surface area contributed by atoms with Gasteiger partial charge in [-0.15, -0.1) is 0 Å². The average Bonchev–Trinajstić information content (AvgIpc) is 3.22. The lowest BCUT2D eigenvalue weighted by molar-refractivity contribution is 0.438. The molecule has 0 amide bonds. The predicted molar refractivity (Wildman–Crippen MR) is 87.0 cm³/mol. The summed E-state index contributed by atoms with van der Waals surface area (Å²) >= 11 is 1.97. The van der Waals surface area contributed by atoms with Gasteiger partial charge in [-0.1, -0.05) is 24.3 Å². The molecule has 1 aromatic rings. The smallest absolute Gasteiger partial charge is 0.00683 e. The van der Waals surface area contributed by atoms with Gasteiger partial charge in [0.1, 0.15) is 0 Å². The SMILES string of the molecule is CSCCCC(CNC1CC1)Cc1ccccc1C. The van der Waals surface area contributed by atoms with E-state index in [0.29, 0.717) is 0 Å². The lowest BCUT2D eigenvalue weighted by atomic mass is 9.92. The van der Waals surface area contributed by atoms with Crippen LogP contribution in [-0.4, -0.2) is 24.6 Å². The minimum absolute atomic E-state index is 0.800. The summed E-state index contributed by atoms with van der Waals surface area (Å²) in [5.74, 6) is 2.10. The van der Waals surface area contributed by atoms with Gasteiger partial charge in [-0.25, -0.2) is 0 Å². The average molecular weight is 277 g/mol. The first-order valence-electron chi connectivity index (χ1n) is 7.56. The van der Waals surface area contributed by atoms with Crippen molar-refractivity contribution in [2.75, 3.05) is 18.6 Å². The molecule has 1 atom stereocenters. The summed E-state index contributed by atoms with van der Waals surface area (Å²) in [6.07, 6.45) is 8.93. The molecule has 1 aliphatic rings. The number of hydrogen-bond donors (Lipinski definition) is 1. The summed E-state index contributed by atoms with van der Waals surface area (Å²) < 4.78 is 0. The van der Waals surface area contributed by atoms with Crippen molar-refractivity contribution in [2.24, 2.45) is 5.92 Å². The fourth-order valence-electron chi connectivity index (χ4n) is 2.56. The maximum Gasteiger partial charge on any atom is 0.00683 e. The Labute approximate surface area is 122 Å². The van der Waals surface area contributed by atoms with Crippen molar-refractivity contribution in [1.82, 2.24) is 5.32 Å². The van der Waals surface area contributed by atoms with Crippen molar-refractivity contribution in [2.45, 2.75) is 45.1 Å². The zero-order valence-electron chi connectivity index (χ0n) is 12.3. The number of nitrogens with one attached hydrogen (secondary N) is 1. The minimum atomic E-state index is 0.800. The molecule has 0 bridgehead atoms. The largest absolute Gasteiger partial charge is 0.314 e. The highest BCUT2D eigenvalue weighted by atomic mass is 32.2. The van der Waals surface area contributed by atoms with Crippen molar-refractivity contribution in [1.29, 1.82) is 0 Å². The Bertz CT molecular complexity index is 373. The van der Waals surface area contributed by atoms with Gasteiger partial charge < -0.3 is 5.32 Å². The van der Waals surface area contributed by atoms with Crippen LogP contribution in [0.15, 0.2) is 24.3 Å². The summed E-state index contributed by atoms with van der Waals surface area (Å²) in [5.41, 5.74) is 2.98.